The summed E-state index contributed by atoms with van der Waals surface area (Å²) in [4.78, 5) is 27.2. The highest BCUT2D eigenvalue weighted by atomic mass is 32.1. The van der Waals surface area contributed by atoms with E-state index >= 15 is 0 Å². The molecule has 9 heteroatoms. The fourth-order valence-electron chi connectivity index (χ4n) is 3.46. The van der Waals surface area contributed by atoms with Crippen LogP contribution in [0.25, 0.3) is 0 Å². The lowest BCUT2D eigenvalue weighted by molar-refractivity contribution is -0.274. The molecule has 1 atom stereocenters. The van der Waals surface area contributed by atoms with E-state index in [-0.39, 0.29) is 28.8 Å². The maximum absolute atomic E-state index is 13.1. The maximum atomic E-state index is 13.1. The Morgan fingerprint density at radius 3 is 2.48 bits per heavy atom. The molecule has 2 heterocycles. The standard InChI is InChI=1S/C20H15F3N2O3S/c1-24-18-17(29-19(24)27)15(12-6-3-2-4-7-12)11-16(26)25(18)13-8-5-9-14(10-13)28-20(21,22)23/h2-10,15H,11H2,1H3. The summed E-state index contributed by atoms with van der Waals surface area (Å²) >= 11 is 1.04. The number of rotatable bonds is 3. The number of hydrogen-bond donors (Lipinski definition) is 0. The Labute approximate surface area is 167 Å². The molecule has 1 unspecified atom stereocenters. The molecule has 4 rings (SSSR count). The van der Waals surface area contributed by atoms with Gasteiger partial charge in [0.1, 0.15) is 11.6 Å². The fourth-order valence-corrected chi connectivity index (χ4v) is 4.56. The first-order valence-corrected chi connectivity index (χ1v) is 9.49. The molecule has 3 aromatic rings. The zero-order valence-electron chi connectivity index (χ0n) is 15.1. The summed E-state index contributed by atoms with van der Waals surface area (Å²) in [5.41, 5.74) is 1.11. The normalized spacial score (nSPS) is 16.6. The number of carbonyl (C=O) groups excluding carboxylic acids is 1. The summed E-state index contributed by atoms with van der Waals surface area (Å²) in [7, 11) is 1.54. The molecule has 1 aliphatic rings. The van der Waals surface area contributed by atoms with Gasteiger partial charge in [-0.15, -0.1) is 13.2 Å². The Bertz CT molecular complexity index is 1120. The highest BCUT2D eigenvalue weighted by Crippen LogP contribution is 2.45. The summed E-state index contributed by atoms with van der Waals surface area (Å²) in [6.07, 6.45) is -4.75. The SMILES string of the molecule is Cn1c2c(sc1=O)C(c1ccccc1)CC(=O)N2c1cccc(OC(F)(F)F)c1. The molecule has 1 amide bonds. The Hall–Kier alpha value is -3.07. The van der Waals surface area contributed by atoms with Crippen LogP contribution in [0.4, 0.5) is 24.7 Å². The van der Waals surface area contributed by atoms with Crippen molar-refractivity contribution in [3.63, 3.8) is 0 Å². The number of ether oxygens (including phenoxy) is 1. The molecule has 0 saturated heterocycles. The molecule has 0 radical (unpaired) electrons. The van der Waals surface area contributed by atoms with Crippen LogP contribution in [-0.4, -0.2) is 16.8 Å². The monoisotopic (exact) mass is 420 g/mol. The summed E-state index contributed by atoms with van der Waals surface area (Å²) in [6.45, 7) is 0. The summed E-state index contributed by atoms with van der Waals surface area (Å²) in [5.74, 6) is -0.670. The van der Waals surface area contributed by atoms with Gasteiger partial charge in [-0.1, -0.05) is 47.7 Å². The van der Waals surface area contributed by atoms with Gasteiger partial charge >= 0.3 is 11.2 Å². The molecule has 2 aromatic carbocycles. The van der Waals surface area contributed by atoms with E-state index in [4.69, 9.17) is 0 Å². The van der Waals surface area contributed by atoms with Gasteiger partial charge in [0.05, 0.1) is 10.6 Å². The molecule has 0 saturated carbocycles. The highest BCUT2D eigenvalue weighted by Gasteiger charge is 2.38. The van der Waals surface area contributed by atoms with Crippen molar-refractivity contribution in [2.75, 3.05) is 4.90 Å². The molecular formula is C20H15F3N2O3S. The first-order chi connectivity index (χ1) is 13.7. The van der Waals surface area contributed by atoms with Crippen molar-refractivity contribution < 1.29 is 22.7 Å². The topological polar surface area (TPSA) is 51.5 Å². The first-order valence-electron chi connectivity index (χ1n) is 8.68. The number of nitrogens with zero attached hydrogens (tertiary/aromatic N) is 2. The van der Waals surface area contributed by atoms with Crippen LogP contribution < -0.4 is 14.5 Å². The smallest absolute Gasteiger partial charge is 0.406 e. The number of aromatic nitrogens is 1. The number of halogens is 3. The van der Waals surface area contributed by atoms with E-state index in [1.54, 1.807) is 7.05 Å². The van der Waals surface area contributed by atoms with Crippen molar-refractivity contribution in [1.29, 1.82) is 0 Å². The zero-order valence-corrected chi connectivity index (χ0v) is 16.0. The quantitative estimate of drug-likeness (QED) is 0.625. The Morgan fingerprint density at radius 2 is 1.79 bits per heavy atom. The lowest BCUT2D eigenvalue weighted by Gasteiger charge is -2.32. The van der Waals surface area contributed by atoms with Crippen LogP contribution in [0.5, 0.6) is 5.75 Å². The van der Waals surface area contributed by atoms with Gasteiger partial charge in [-0.05, 0) is 17.7 Å². The predicted molar refractivity (Wildman–Crippen MR) is 103 cm³/mol. The lowest BCUT2D eigenvalue weighted by Crippen LogP contribution is -2.34. The molecule has 1 aliphatic heterocycles. The molecule has 0 N–H and O–H groups in total. The first kappa shape index (κ1) is 19.3. The molecule has 150 valence electrons. The van der Waals surface area contributed by atoms with E-state index in [2.05, 4.69) is 4.74 Å². The third kappa shape index (κ3) is 3.65. The van der Waals surface area contributed by atoms with Gasteiger partial charge in [-0.2, -0.15) is 0 Å². The van der Waals surface area contributed by atoms with E-state index < -0.39 is 12.1 Å². The second-order valence-electron chi connectivity index (χ2n) is 6.56. The average molecular weight is 420 g/mol. The summed E-state index contributed by atoms with van der Waals surface area (Å²) in [5, 5.41) is 0. The van der Waals surface area contributed by atoms with E-state index in [1.807, 2.05) is 30.3 Å². The van der Waals surface area contributed by atoms with Crippen LogP contribution in [0, 0.1) is 0 Å². The van der Waals surface area contributed by atoms with Gasteiger partial charge in [0.15, 0.2) is 0 Å². The third-order valence-electron chi connectivity index (χ3n) is 4.68. The minimum absolute atomic E-state index is 0.0985. The van der Waals surface area contributed by atoms with Crippen molar-refractivity contribution in [1.82, 2.24) is 4.57 Å². The maximum Gasteiger partial charge on any atom is 0.573 e. The van der Waals surface area contributed by atoms with Gasteiger partial charge in [0, 0.05) is 25.5 Å². The lowest BCUT2D eigenvalue weighted by atomic mass is 9.90. The van der Waals surface area contributed by atoms with Crippen molar-refractivity contribution in [2.24, 2.45) is 7.05 Å². The highest BCUT2D eigenvalue weighted by molar-refractivity contribution is 7.10. The molecule has 0 spiro atoms. The van der Waals surface area contributed by atoms with Crippen LogP contribution in [-0.2, 0) is 11.8 Å². The van der Waals surface area contributed by atoms with Crippen molar-refractivity contribution >= 4 is 28.7 Å². The average Bonchev–Trinajstić information content (AvgIpc) is 2.96. The van der Waals surface area contributed by atoms with E-state index in [0.29, 0.717) is 10.7 Å². The number of anilines is 2. The molecule has 1 aromatic heterocycles. The predicted octanol–water partition coefficient (Wildman–Crippen LogP) is 4.55. The summed E-state index contributed by atoms with van der Waals surface area (Å²) in [6, 6.07) is 14.5. The van der Waals surface area contributed by atoms with Crippen LogP contribution in [0.3, 0.4) is 0 Å². The van der Waals surface area contributed by atoms with Gasteiger partial charge < -0.3 is 4.74 Å². The Morgan fingerprint density at radius 1 is 1.07 bits per heavy atom. The minimum Gasteiger partial charge on any atom is -0.406 e. The van der Waals surface area contributed by atoms with Crippen molar-refractivity contribution in [3.8, 4) is 5.75 Å². The summed E-state index contributed by atoms with van der Waals surface area (Å²) < 4.78 is 43.1. The van der Waals surface area contributed by atoms with Crippen LogP contribution >= 0.6 is 11.3 Å². The van der Waals surface area contributed by atoms with E-state index in [0.717, 1.165) is 29.0 Å². The molecular weight excluding hydrogens is 405 g/mol. The van der Waals surface area contributed by atoms with E-state index in [1.165, 1.54) is 21.6 Å². The number of amides is 1. The number of thiazole rings is 1. The van der Waals surface area contributed by atoms with Crippen LogP contribution in [0.15, 0.2) is 59.4 Å². The Balaban J connectivity index is 1.82. The minimum atomic E-state index is -4.84. The zero-order chi connectivity index (χ0) is 20.8. The number of hydrogen-bond acceptors (Lipinski definition) is 4. The van der Waals surface area contributed by atoms with Gasteiger partial charge in [-0.25, -0.2) is 0 Å². The van der Waals surface area contributed by atoms with Gasteiger partial charge in [0.25, 0.3) is 0 Å². The van der Waals surface area contributed by atoms with Gasteiger partial charge in [0.2, 0.25) is 5.91 Å². The molecule has 0 bridgehead atoms. The number of fused-ring (bicyclic) bond motifs is 1. The molecule has 5 nitrogen and oxygen atoms in total. The van der Waals surface area contributed by atoms with Gasteiger partial charge in [-0.3, -0.25) is 19.1 Å². The molecule has 0 fully saturated rings. The molecule has 29 heavy (non-hydrogen) atoms. The van der Waals surface area contributed by atoms with Crippen molar-refractivity contribution in [2.45, 2.75) is 18.7 Å². The molecule has 0 aliphatic carbocycles. The van der Waals surface area contributed by atoms with Crippen LogP contribution in [0.2, 0.25) is 0 Å². The number of benzene rings is 2. The second kappa shape index (κ2) is 7.07. The number of carbonyl (C=O) groups is 1. The number of alkyl halides is 3. The third-order valence-corrected chi connectivity index (χ3v) is 5.81. The van der Waals surface area contributed by atoms with Crippen LogP contribution in [0.1, 0.15) is 22.8 Å². The van der Waals surface area contributed by atoms with E-state index in [9.17, 15) is 22.8 Å². The van der Waals surface area contributed by atoms with Crippen molar-refractivity contribution in [3.05, 3.63) is 74.7 Å². The largest absolute Gasteiger partial charge is 0.573 e. The fraction of sp³-hybridized carbons (Fsp3) is 0.200. The second-order valence-corrected chi connectivity index (χ2v) is 7.55. The Kier molecular flexibility index (Phi) is 4.70.